The van der Waals surface area contributed by atoms with Crippen molar-refractivity contribution < 1.29 is 8.42 Å². The summed E-state index contributed by atoms with van der Waals surface area (Å²) in [6.45, 7) is 5.63. The van der Waals surface area contributed by atoms with Crippen molar-refractivity contribution in [3.8, 4) is 0 Å². The molecule has 0 saturated heterocycles. The Morgan fingerprint density at radius 2 is 1.52 bits per heavy atom. The van der Waals surface area contributed by atoms with Crippen LogP contribution in [0, 0.1) is 0 Å². The molecule has 0 aromatic heterocycles. The highest BCUT2D eigenvalue weighted by Crippen LogP contribution is 2.25. The quantitative estimate of drug-likeness (QED) is 0.478. The van der Waals surface area contributed by atoms with Gasteiger partial charge < -0.3 is 4.90 Å². The first kappa shape index (κ1) is 21.9. The second-order valence-electron chi connectivity index (χ2n) is 8.54. The minimum atomic E-state index is -2.87. The molecule has 2 aromatic carbocycles. The van der Waals surface area contributed by atoms with Gasteiger partial charge in [-0.15, -0.1) is 0 Å². The van der Waals surface area contributed by atoms with Gasteiger partial charge in [0.05, 0.1) is 11.0 Å². The van der Waals surface area contributed by atoms with Crippen molar-refractivity contribution in [2.24, 2.45) is 0 Å². The van der Waals surface area contributed by atoms with Crippen LogP contribution in [0.4, 0.5) is 5.69 Å². The van der Waals surface area contributed by atoms with Gasteiger partial charge in [0.2, 0.25) is 0 Å². The summed E-state index contributed by atoms with van der Waals surface area (Å²) in [4.78, 5) is 2.47. The van der Waals surface area contributed by atoms with Crippen molar-refractivity contribution in [2.45, 2.75) is 70.6 Å². The lowest BCUT2D eigenvalue weighted by atomic mass is 9.99. The molecule has 3 nitrogen and oxygen atoms in total. The maximum atomic E-state index is 11.8. The van der Waals surface area contributed by atoms with Gasteiger partial charge in [-0.05, 0) is 68.4 Å². The summed E-state index contributed by atoms with van der Waals surface area (Å²) in [5.41, 5.74) is 5.65. The van der Waals surface area contributed by atoms with E-state index < -0.39 is 9.84 Å². The zero-order chi connectivity index (χ0) is 20.7. The molecule has 0 aliphatic carbocycles. The molecule has 0 amide bonds. The molecule has 158 valence electrons. The van der Waals surface area contributed by atoms with E-state index in [1.807, 2.05) is 0 Å². The Hall–Kier alpha value is -1.81. The van der Waals surface area contributed by atoms with Crippen LogP contribution in [0.15, 0.2) is 48.5 Å². The number of anilines is 1. The number of hydrogen-bond donors (Lipinski definition) is 0. The molecule has 3 rings (SSSR count). The summed E-state index contributed by atoms with van der Waals surface area (Å²) in [7, 11) is -2.87. The molecule has 0 bridgehead atoms. The molecular formula is C25H35NO2S. The predicted octanol–water partition coefficient (Wildman–Crippen LogP) is 5.57. The molecule has 29 heavy (non-hydrogen) atoms. The maximum Gasteiger partial charge on any atom is 0.152 e. The summed E-state index contributed by atoms with van der Waals surface area (Å²) in [5, 5.41) is -0.245. The van der Waals surface area contributed by atoms with Crippen LogP contribution >= 0.6 is 0 Å². The zero-order valence-corrected chi connectivity index (χ0v) is 18.8. The lowest BCUT2D eigenvalue weighted by Gasteiger charge is -2.30. The maximum absolute atomic E-state index is 11.8. The van der Waals surface area contributed by atoms with Crippen LogP contribution in [0.3, 0.4) is 0 Å². The Bertz CT molecular complexity index is 872. The Kier molecular flexibility index (Phi) is 7.77. The fourth-order valence-electron chi connectivity index (χ4n) is 3.99. The number of unbranched alkanes of at least 4 members (excludes halogenated alkanes) is 4. The van der Waals surface area contributed by atoms with Gasteiger partial charge in [-0.25, -0.2) is 8.42 Å². The number of hydrogen-bond acceptors (Lipinski definition) is 3. The fourth-order valence-corrected chi connectivity index (χ4v) is 5.07. The van der Waals surface area contributed by atoms with Gasteiger partial charge in [0.1, 0.15) is 0 Å². The largest absolute Gasteiger partial charge is 0.367 e. The monoisotopic (exact) mass is 413 g/mol. The summed E-state index contributed by atoms with van der Waals surface area (Å²) in [6, 6.07) is 17.8. The molecule has 0 spiro atoms. The number of benzene rings is 2. The van der Waals surface area contributed by atoms with Crippen LogP contribution < -0.4 is 4.90 Å². The standard InChI is InChI=1S/C25H35NO2S/c1-21(2)29(27,28)19-9-5-3-4-6-10-22-13-15-25(16-14-22)26-18-17-23-11-7-8-12-24(23)20-26/h7-8,11-16,21H,3-6,9-10,17-20H2,1-2H3. The zero-order valence-electron chi connectivity index (χ0n) is 17.9. The number of aryl methyl sites for hydroxylation is 1. The second-order valence-corrected chi connectivity index (χ2v) is 11.2. The van der Waals surface area contributed by atoms with E-state index in [9.17, 15) is 8.42 Å². The first-order valence-corrected chi connectivity index (χ1v) is 12.8. The number of fused-ring (bicyclic) bond motifs is 1. The van der Waals surface area contributed by atoms with E-state index in [0.29, 0.717) is 5.75 Å². The molecule has 0 N–H and O–H groups in total. The van der Waals surface area contributed by atoms with Crippen LogP contribution in [0.2, 0.25) is 0 Å². The highest BCUT2D eigenvalue weighted by Gasteiger charge is 2.16. The molecule has 0 saturated carbocycles. The SMILES string of the molecule is CC(C)S(=O)(=O)CCCCCCCc1ccc(N2CCc3ccccc3C2)cc1. The van der Waals surface area contributed by atoms with Crippen molar-refractivity contribution in [1.82, 2.24) is 0 Å². The van der Waals surface area contributed by atoms with Crippen molar-refractivity contribution in [2.75, 3.05) is 17.2 Å². The third-order valence-electron chi connectivity index (χ3n) is 6.04. The number of sulfone groups is 1. The topological polar surface area (TPSA) is 37.4 Å². The fraction of sp³-hybridized carbons (Fsp3) is 0.520. The Labute approximate surface area is 177 Å². The van der Waals surface area contributed by atoms with E-state index in [1.165, 1.54) is 35.2 Å². The average molecular weight is 414 g/mol. The van der Waals surface area contributed by atoms with Crippen molar-refractivity contribution in [3.05, 3.63) is 65.2 Å². The van der Waals surface area contributed by atoms with Gasteiger partial charge in [0.25, 0.3) is 0 Å². The third kappa shape index (κ3) is 6.33. The van der Waals surface area contributed by atoms with Crippen molar-refractivity contribution in [3.63, 3.8) is 0 Å². The highest BCUT2D eigenvalue weighted by molar-refractivity contribution is 7.91. The molecule has 0 radical (unpaired) electrons. The van der Waals surface area contributed by atoms with Gasteiger partial charge in [-0.2, -0.15) is 0 Å². The normalized spacial score (nSPS) is 14.2. The summed E-state index contributed by atoms with van der Waals surface area (Å²) >= 11 is 0. The van der Waals surface area contributed by atoms with Crippen LogP contribution in [-0.4, -0.2) is 26.0 Å². The van der Waals surface area contributed by atoms with Crippen LogP contribution in [0.25, 0.3) is 0 Å². The molecular weight excluding hydrogens is 378 g/mol. The van der Waals surface area contributed by atoms with Gasteiger partial charge in [0, 0.05) is 18.8 Å². The molecule has 4 heteroatoms. The number of rotatable bonds is 10. The van der Waals surface area contributed by atoms with Gasteiger partial charge in [-0.3, -0.25) is 0 Å². The summed E-state index contributed by atoms with van der Waals surface area (Å²) in [5.74, 6) is 0.340. The Morgan fingerprint density at radius 3 is 2.24 bits per heavy atom. The van der Waals surface area contributed by atoms with Crippen molar-refractivity contribution in [1.29, 1.82) is 0 Å². The van der Waals surface area contributed by atoms with Gasteiger partial charge in [-0.1, -0.05) is 55.7 Å². The Morgan fingerprint density at radius 1 is 0.862 bits per heavy atom. The minimum Gasteiger partial charge on any atom is -0.367 e. The molecule has 0 atom stereocenters. The van der Waals surface area contributed by atoms with E-state index in [4.69, 9.17) is 0 Å². The van der Waals surface area contributed by atoms with Crippen molar-refractivity contribution >= 4 is 15.5 Å². The van der Waals surface area contributed by atoms with Crippen LogP contribution in [0.1, 0.15) is 62.6 Å². The lowest BCUT2D eigenvalue weighted by Crippen LogP contribution is -2.30. The second kappa shape index (κ2) is 10.3. The summed E-state index contributed by atoms with van der Waals surface area (Å²) < 4.78 is 23.6. The summed E-state index contributed by atoms with van der Waals surface area (Å²) in [6.07, 6.45) is 7.51. The predicted molar refractivity (Wildman–Crippen MR) is 123 cm³/mol. The number of nitrogens with zero attached hydrogens (tertiary/aromatic N) is 1. The van der Waals surface area contributed by atoms with Crippen LogP contribution in [-0.2, 0) is 29.2 Å². The minimum absolute atomic E-state index is 0.245. The smallest absolute Gasteiger partial charge is 0.152 e. The van der Waals surface area contributed by atoms with Crippen LogP contribution in [0.5, 0.6) is 0 Å². The highest BCUT2D eigenvalue weighted by atomic mass is 32.2. The van der Waals surface area contributed by atoms with E-state index >= 15 is 0 Å². The average Bonchev–Trinajstić information content (AvgIpc) is 2.73. The Balaban J connectivity index is 1.36. The lowest BCUT2D eigenvalue weighted by molar-refractivity contribution is 0.577. The van der Waals surface area contributed by atoms with E-state index in [1.54, 1.807) is 13.8 Å². The van der Waals surface area contributed by atoms with E-state index in [-0.39, 0.29) is 5.25 Å². The first-order chi connectivity index (χ1) is 14.0. The van der Waals surface area contributed by atoms with E-state index in [0.717, 1.165) is 45.2 Å². The first-order valence-electron chi connectivity index (χ1n) is 11.1. The van der Waals surface area contributed by atoms with Gasteiger partial charge >= 0.3 is 0 Å². The molecule has 0 unspecified atom stereocenters. The molecule has 2 aromatic rings. The third-order valence-corrected chi connectivity index (χ3v) is 8.34. The molecule has 1 heterocycles. The molecule has 1 aliphatic heterocycles. The van der Waals surface area contributed by atoms with Gasteiger partial charge in [0.15, 0.2) is 9.84 Å². The van der Waals surface area contributed by atoms with E-state index in [2.05, 4.69) is 53.4 Å². The molecule has 1 aliphatic rings. The molecule has 0 fully saturated rings.